The maximum absolute atomic E-state index is 12.8. The van der Waals surface area contributed by atoms with Gasteiger partial charge in [0.05, 0.1) is 18.7 Å². The lowest BCUT2D eigenvalue weighted by Crippen LogP contribution is -2.44. The van der Waals surface area contributed by atoms with Crippen LogP contribution in [-0.2, 0) is 22.5 Å². The Labute approximate surface area is 190 Å². The third-order valence-corrected chi connectivity index (χ3v) is 5.43. The fourth-order valence-electron chi connectivity index (χ4n) is 3.99. The van der Waals surface area contributed by atoms with Gasteiger partial charge in [-0.1, -0.05) is 32.0 Å². The number of nitrogens with zero attached hydrogens (tertiary/aromatic N) is 1. The minimum absolute atomic E-state index is 0.0338. The number of hydrogen-bond donors (Lipinski definition) is 0. The number of hydrogen-bond acceptors (Lipinski definition) is 5. The molecule has 1 heterocycles. The standard InChI is InChI=1S/C26H33NO5/c1-17(2)23-22-12-11-21(31-16-18-7-9-19(10-8-18)24(28)30-6)15-20(22)13-14-27(23)25(29)32-26(3,4)5/h7-12,15,17,23H,13-14,16H2,1-6H3/t23-/m0/s1. The molecule has 172 valence electrons. The number of rotatable bonds is 5. The molecule has 0 unspecified atom stereocenters. The van der Waals surface area contributed by atoms with Crippen LogP contribution in [0.2, 0.25) is 0 Å². The summed E-state index contributed by atoms with van der Waals surface area (Å²) in [6, 6.07) is 13.2. The molecule has 0 N–H and O–H groups in total. The minimum atomic E-state index is -0.522. The topological polar surface area (TPSA) is 65.1 Å². The summed E-state index contributed by atoms with van der Waals surface area (Å²) in [7, 11) is 1.37. The average molecular weight is 440 g/mol. The maximum atomic E-state index is 12.8. The smallest absolute Gasteiger partial charge is 0.410 e. The fourth-order valence-corrected chi connectivity index (χ4v) is 3.99. The van der Waals surface area contributed by atoms with E-state index in [2.05, 4.69) is 26.0 Å². The number of methoxy groups -OCH3 is 1. The molecule has 1 atom stereocenters. The SMILES string of the molecule is COC(=O)c1ccc(COc2ccc3c(c2)CCN(C(=O)OC(C)(C)C)[C@H]3C(C)C)cc1. The summed E-state index contributed by atoms with van der Waals surface area (Å²) < 4.78 is 16.4. The molecule has 2 aromatic carbocycles. The van der Waals surface area contributed by atoms with Gasteiger partial charge in [-0.25, -0.2) is 9.59 Å². The summed E-state index contributed by atoms with van der Waals surface area (Å²) in [6.07, 6.45) is 0.487. The van der Waals surface area contributed by atoms with E-state index in [1.807, 2.05) is 43.9 Å². The predicted molar refractivity (Wildman–Crippen MR) is 123 cm³/mol. The highest BCUT2D eigenvalue weighted by Crippen LogP contribution is 2.37. The average Bonchev–Trinajstić information content (AvgIpc) is 2.75. The van der Waals surface area contributed by atoms with Gasteiger partial charge in [-0.2, -0.15) is 0 Å². The Kier molecular flexibility index (Phi) is 7.12. The molecule has 2 aromatic rings. The molecule has 0 radical (unpaired) electrons. The first kappa shape index (κ1) is 23.6. The van der Waals surface area contributed by atoms with Crippen LogP contribution in [0.15, 0.2) is 42.5 Å². The number of fused-ring (bicyclic) bond motifs is 1. The number of amides is 1. The van der Waals surface area contributed by atoms with Crippen LogP contribution < -0.4 is 4.74 Å². The maximum Gasteiger partial charge on any atom is 0.410 e. The van der Waals surface area contributed by atoms with E-state index in [0.717, 1.165) is 23.3 Å². The third kappa shape index (κ3) is 5.61. The summed E-state index contributed by atoms with van der Waals surface area (Å²) in [6.45, 7) is 10.9. The quantitative estimate of drug-likeness (QED) is 0.572. The van der Waals surface area contributed by atoms with E-state index in [1.54, 1.807) is 12.1 Å². The molecule has 0 aliphatic carbocycles. The number of ether oxygens (including phenoxy) is 3. The summed E-state index contributed by atoms with van der Waals surface area (Å²) in [5.41, 5.74) is 3.30. The molecule has 3 rings (SSSR count). The Hall–Kier alpha value is -3.02. The first-order chi connectivity index (χ1) is 15.1. The van der Waals surface area contributed by atoms with Gasteiger partial charge in [-0.15, -0.1) is 0 Å². The number of carbonyl (C=O) groups is 2. The summed E-state index contributed by atoms with van der Waals surface area (Å²) in [5, 5.41) is 0. The Balaban J connectivity index is 1.72. The van der Waals surface area contributed by atoms with Gasteiger partial charge in [-0.05, 0) is 74.1 Å². The lowest BCUT2D eigenvalue weighted by atomic mass is 9.86. The van der Waals surface area contributed by atoms with Crippen molar-refractivity contribution >= 4 is 12.1 Å². The highest BCUT2D eigenvalue weighted by Gasteiger charge is 2.35. The van der Waals surface area contributed by atoms with Crippen molar-refractivity contribution in [3.8, 4) is 5.75 Å². The summed E-state index contributed by atoms with van der Waals surface area (Å²) in [5.74, 6) is 0.683. The summed E-state index contributed by atoms with van der Waals surface area (Å²) >= 11 is 0. The van der Waals surface area contributed by atoms with E-state index < -0.39 is 5.60 Å². The first-order valence-electron chi connectivity index (χ1n) is 11.0. The molecular formula is C26H33NO5. The number of carbonyl (C=O) groups excluding carboxylic acids is 2. The normalized spacial score (nSPS) is 15.8. The van der Waals surface area contributed by atoms with Crippen molar-refractivity contribution < 1.29 is 23.8 Å². The van der Waals surface area contributed by atoms with E-state index in [1.165, 1.54) is 12.7 Å². The molecule has 0 bridgehead atoms. The molecule has 1 aliphatic heterocycles. The van der Waals surface area contributed by atoms with Crippen molar-refractivity contribution in [1.82, 2.24) is 4.90 Å². The van der Waals surface area contributed by atoms with Crippen molar-refractivity contribution in [3.05, 3.63) is 64.7 Å². The molecule has 0 saturated heterocycles. The fraction of sp³-hybridized carbons (Fsp3) is 0.462. The van der Waals surface area contributed by atoms with Gasteiger partial charge in [0.2, 0.25) is 0 Å². The van der Waals surface area contributed by atoms with Crippen LogP contribution in [0.25, 0.3) is 0 Å². The second kappa shape index (κ2) is 9.63. The van der Waals surface area contributed by atoms with Gasteiger partial charge in [0.25, 0.3) is 0 Å². The molecular weight excluding hydrogens is 406 g/mol. The molecule has 32 heavy (non-hydrogen) atoms. The van der Waals surface area contributed by atoms with Crippen molar-refractivity contribution in [2.75, 3.05) is 13.7 Å². The van der Waals surface area contributed by atoms with Crippen LogP contribution >= 0.6 is 0 Å². The van der Waals surface area contributed by atoms with Crippen molar-refractivity contribution in [2.24, 2.45) is 5.92 Å². The second-order valence-electron chi connectivity index (χ2n) is 9.45. The van der Waals surface area contributed by atoms with Gasteiger partial charge in [-0.3, -0.25) is 0 Å². The highest BCUT2D eigenvalue weighted by atomic mass is 16.6. The van der Waals surface area contributed by atoms with Crippen molar-refractivity contribution in [2.45, 2.75) is 59.3 Å². The zero-order chi connectivity index (χ0) is 23.5. The highest BCUT2D eigenvalue weighted by molar-refractivity contribution is 5.89. The molecule has 0 saturated carbocycles. The number of esters is 1. The second-order valence-corrected chi connectivity index (χ2v) is 9.45. The van der Waals surface area contributed by atoms with Crippen LogP contribution in [0.5, 0.6) is 5.75 Å². The Morgan fingerprint density at radius 1 is 1.09 bits per heavy atom. The Morgan fingerprint density at radius 2 is 1.78 bits per heavy atom. The van der Waals surface area contributed by atoms with Crippen LogP contribution in [0, 0.1) is 5.92 Å². The van der Waals surface area contributed by atoms with Gasteiger partial charge in [0.15, 0.2) is 0 Å². The van der Waals surface area contributed by atoms with Gasteiger partial charge < -0.3 is 19.1 Å². The van der Waals surface area contributed by atoms with E-state index in [4.69, 9.17) is 14.2 Å². The van der Waals surface area contributed by atoms with Crippen LogP contribution in [0.1, 0.15) is 67.7 Å². The largest absolute Gasteiger partial charge is 0.489 e. The van der Waals surface area contributed by atoms with Gasteiger partial charge >= 0.3 is 12.1 Å². The molecule has 1 aliphatic rings. The van der Waals surface area contributed by atoms with E-state index in [-0.39, 0.29) is 24.0 Å². The molecule has 6 nitrogen and oxygen atoms in total. The van der Waals surface area contributed by atoms with Crippen LogP contribution in [0.3, 0.4) is 0 Å². The lowest BCUT2D eigenvalue weighted by Gasteiger charge is -2.40. The van der Waals surface area contributed by atoms with E-state index >= 15 is 0 Å². The molecule has 6 heteroatoms. The molecule has 0 spiro atoms. The lowest BCUT2D eigenvalue weighted by molar-refractivity contribution is 0.00875. The van der Waals surface area contributed by atoms with Crippen molar-refractivity contribution in [1.29, 1.82) is 0 Å². The van der Waals surface area contributed by atoms with Crippen LogP contribution in [-0.4, -0.2) is 36.2 Å². The first-order valence-corrected chi connectivity index (χ1v) is 11.0. The zero-order valence-corrected chi connectivity index (χ0v) is 19.8. The van der Waals surface area contributed by atoms with Crippen molar-refractivity contribution in [3.63, 3.8) is 0 Å². The minimum Gasteiger partial charge on any atom is -0.489 e. The molecule has 1 amide bonds. The Morgan fingerprint density at radius 3 is 2.38 bits per heavy atom. The third-order valence-electron chi connectivity index (χ3n) is 5.43. The van der Waals surface area contributed by atoms with Gasteiger partial charge in [0.1, 0.15) is 18.0 Å². The van der Waals surface area contributed by atoms with E-state index in [9.17, 15) is 9.59 Å². The van der Waals surface area contributed by atoms with E-state index in [0.29, 0.717) is 18.7 Å². The predicted octanol–water partition coefficient (Wildman–Crippen LogP) is 5.54. The monoisotopic (exact) mass is 439 g/mol. The molecule has 0 aromatic heterocycles. The molecule has 0 fully saturated rings. The number of benzene rings is 2. The van der Waals surface area contributed by atoms with Gasteiger partial charge in [0, 0.05) is 6.54 Å². The Bertz CT molecular complexity index is 959. The van der Waals surface area contributed by atoms with Crippen LogP contribution in [0.4, 0.5) is 4.79 Å². The zero-order valence-electron chi connectivity index (χ0n) is 19.8. The summed E-state index contributed by atoms with van der Waals surface area (Å²) in [4.78, 5) is 26.2.